The van der Waals surface area contributed by atoms with Gasteiger partial charge in [-0.05, 0) is 23.8 Å². The van der Waals surface area contributed by atoms with Crippen LogP contribution in [0.2, 0.25) is 0 Å². The Hall–Kier alpha value is -2.66. The Morgan fingerprint density at radius 3 is 2.92 bits per heavy atom. The number of nitrogens with one attached hydrogen (secondary N) is 2. The third-order valence-corrected chi connectivity index (χ3v) is 4.33. The number of benzene rings is 1. The van der Waals surface area contributed by atoms with E-state index in [-0.39, 0.29) is 34.3 Å². The number of carbonyl (C=O) groups excluding carboxylic acids is 1. The number of amides is 1. The minimum atomic E-state index is -0.910. The minimum Gasteiger partial charge on any atom is -0.310 e. The lowest BCUT2D eigenvalue weighted by atomic mass is 9.86. The van der Waals surface area contributed by atoms with E-state index in [4.69, 9.17) is 6.42 Å². The Bertz CT molecular complexity index is 921. The number of anilines is 1. The van der Waals surface area contributed by atoms with Crippen molar-refractivity contribution in [2.75, 3.05) is 11.1 Å². The van der Waals surface area contributed by atoms with Gasteiger partial charge in [0.15, 0.2) is 5.16 Å². The zero-order valence-corrected chi connectivity index (χ0v) is 13.0. The monoisotopic (exact) mass is 347 g/mol. The van der Waals surface area contributed by atoms with Crippen LogP contribution in [0.3, 0.4) is 0 Å². The Kier molecular flexibility index (Phi) is 4.36. The lowest BCUT2D eigenvalue weighted by Crippen LogP contribution is -2.31. The predicted molar refractivity (Wildman–Crippen MR) is 85.9 cm³/mol. The number of hydrogen-bond donors (Lipinski definition) is 2. The number of aromatic nitrogens is 2. The van der Waals surface area contributed by atoms with Crippen molar-refractivity contribution < 1.29 is 13.6 Å². The van der Waals surface area contributed by atoms with Crippen LogP contribution >= 0.6 is 11.8 Å². The van der Waals surface area contributed by atoms with Crippen molar-refractivity contribution >= 4 is 23.5 Å². The van der Waals surface area contributed by atoms with Crippen molar-refractivity contribution in [2.24, 2.45) is 0 Å². The van der Waals surface area contributed by atoms with Crippen molar-refractivity contribution in [1.29, 1.82) is 0 Å². The van der Waals surface area contributed by atoms with Crippen LogP contribution in [0, 0.1) is 24.0 Å². The van der Waals surface area contributed by atoms with Gasteiger partial charge in [0.05, 0.1) is 11.3 Å². The highest BCUT2D eigenvalue weighted by atomic mass is 32.2. The van der Waals surface area contributed by atoms with Gasteiger partial charge in [-0.15, -0.1) is 6.42 Å². The highest BCUT2D eigenvalue weighted by Gasteiger charge is 2.32. The highest BCUT2D eigenvalue weighted by Crippen LogP contribution is 2.35. The first-order chi connectivity index (χ1) is 11.5. The molecule has 0 radical (unpaired) electrons. The molecule has 1 amide bonds. The van der Waals surface area contributed by atoms with Crippen molar-refractivity contribution in [1.82, 2.24) is 9.97 Å². The molecule has 5 nitrogen and oxygen atoms in total. The van der Waals surface area contributed by atoms with Crippen LogP contribution in [0.4, 0.5) is 14.6 Å². The SMILES string of the molecule is C#CCSc1nc2c(c(=O)[nH]1)[C@@H](c1cc(F)ccc1F)CC(=O)N2. The molecule has 0 saturated carbocycles. The normalized spacial score (nSPS) is 16.2. The van der Waals surface area contributed by atoms with Crippen molar-refractivity contribution in [3.05, 3.63) is 51.3 Å². The van der Waals surface area contributed by atoms with Gasteiger partial charge in [-0.1, -0.05) is 17.7 Å². The molecular formula is C16H11F2N3O2S. The molecule has 2 heterocycles. The third kappa shape index (κ3) is 3.03. The van der Waals surface area contributed by atoms with Gasteiger partial charge in [0.1, 0.15) is 17.5 Å². The molecule has 3 rings (SSSR count). The van der Waals surface area contributed by atoms with Crippen molar-refractivity contribution in [3.8, 4) is 12.3 Å². The first-order valence-electron chi connectivity index (χ1n) is 6.95. The Balaban J connectivity index is 2.13. The lowest BCUT2D eigenvalue weighted by Gasteiger charge is -2.24. The summed E-state index contributed by atoms with van der Waals surface area (Å²) < 4.78 is 27.6. The summed E-state index contributed by atoms with van der Waals surface area (Å²) in [4.78, 5) is 31.0. The molecular weight excluding hydrogens is 336 g/mol. The average Bonchev–Trinajstić information content (AvgIpc) is 2.54. The average molecular weight is 347 g/mol. The number of halogens is 2. The van der Waals surface area contributed by atoms with Crippen molar-refractivity contribution in [3.63, 3.8) is 0 Å². The summed E-state index contributed by atoms with van der Waals surface area (Å²) in [5, 5.41) is 2.75. The summed E-state index contributed by atoms with van der Waals surface area (Å²) >= 11 is 1.12. The number of terminal acetylenes is 1. The van der Waals surface area contributed by atoms with Crippen LogP contribution in [0.5, 0.6) is 0 Å². The number of nitrogens with zero attached hydrogens (tertiary/aromatic N) is 1. The number of rotatable bonds is 3. The van der Waals surface area contributed by atoms with Gasteiger partial charge < -0.3 is 10.3 Å². The van der Waals surface area contributed by atoms with Crippen LogP contribution in [-0.4, -0.2) is 21.6 Å². The van der Waals surface area contributed by atoms with Gasteiger partial charge >= 0.3 is 0 Å². The number of aromatic amines is 1. The highest BCUT2D eigenvalue weighted by molar-refractivity contribution is 7.99. The van der Waals surface area contributed by atoms with E-state index < -0.39 is 29.0 Å². The molecule has 0 unspecified atom stereocenters. The number of fused-ring (bicyclic) bond motifs is 1. The first-order valence-corrected chi connectivity index (χ1v) is 7.93. The Morgan fingerprint density at radius 1 is 1.38 bits per heavy atom. The van der Waals surface area contributed by atoms with Gasteiger partial charge in [-0.3, -0.25) is 9.59 Å². The molecule has 2 aromatic rings. The van der Waals surface area contributed by atoms with Crippen LogP contribution in [0.25, 0.3) is 0 Å². The summed E-state index contributed by atoms with van der Waals surface area (Å²) in [6, 6.07) is 2.93. The second-order valence-corrected chi connectivity index (χ2v) is 6.06. The molecule has 1 aliphatic heterocycles. The van der Waals surface area contributed by atoms with E-state index in [2.05, 4.69) is 21.2 Å². The van der Waals surface area contributed by atoms with Crippen LogP contribution in [0.1, 0.15) is 23.5 Å². The third-order valence-electron chi connectivity index (χ3n) is 3.56. The maximum Gasteiger partial charge on any atom is 0.257 e. The molecule has 2 N–H and O–H groups in total. The van der Waals surface area contributed by atoms with Gasteiger partial charge in [0, 0.05) is 12.3 Å². The fraction of sp³-hybridized carbons (Fsp3) is 0.188. The molecule has 1 aromatic carbocycles. The molecule has 0 spiro atoms. The number of hydrogen-bond acceptors (Lipinski definition) is 4. The smallest absolute Gasteiger partial charge is 0.257 e. The summed E-state index contributed by atoms with van der Waals surface area (Å²) in [5.41, 5.74) is -0.472. The molecule has 1 atom stereocenters. The molecule has 8 heteroatoms. The maximum absolute atomic E-state index is 14.1. The zero-order valence-electron chi connectivity index (χ0n) is 12.2. The van der Waals surface area contributed by atoms with Crippen LogP contribution in [0.15, 0.2) is 28.2 Å². The van der Waals surface area contributed by atoms with Gasteiger partial charge in [-0.2, -0.15) is 0 Å². The van der Waals surface area contributed by atoms with E-state index in [9.17, 15) is 18.4 Å². The summed E-state index contributed by atoms with van der Waals surface area (Å²) in [6.07, 6.45) is 4.99. The van der Waals surface area contributed by atoms with E-state index in [1.54, 1.807) is 0 Å². The van der Waals surface area contributed by atoms with Gasteiger partial charge in [0.25, 0.3) is 5.56 Å². The Morgan fingerprint density at radius 2 is 2.17 bits per heavy atom. The number of H-pyrrole nitrogens is 1. The molecule has 0 bridgehead atoms. The van der Waals surface area contributed by atoms with Gasteiger partial charge in [0.2, 0.25) is 5.91 Å². The number of thioether (sulfide) groups is 1. The van der Waals surface area contributed by atoms with Crippen LogP contribution < -0.4 is 10.9 Å². The maximum atomic E-state index is 14.1. The summed E-state index contributed by atoms with van der Waals surface area (Å²) in [7, 11) is 0. The second kappa shape index (κ2) is 6.45. The predicted octanol–water partition coefficient (Wildman–Crippen LogP) is 2.25. The van der Waals surface area contributed by atoms with Crippen molar-refractivity contribution in [2.45, 2.75) is 17.5 Å². The van der Waals surface area contributed by atoms with Crippen LogP contribution in [-0.2, 0) is 4.79 Å². The minimum absolute atomic E-state index is 0.0446. The largest absolute Gasteiger partial charge is 0.310 e. The molecule has 1 aromatic heterocycles. The first kappa shape index (κ1) is 16.2. The molecule has 1 aliphatic rings. The fourth-order valence-corrected chi connectivity index (χ4v) is 3.12. The molecule has 0 aliphatic carbocycles. The topological polar surface area (TPSA) is 74.8 Å². The fourth-order valence-electron chi connectivity index (χ4n) is 2.58. The number of carbonyl (C=O) groups is 1. The standard InChI is InChI=1S/C16H11F2N3O2S/c1-2-5-24-16-20-14-13(15(23)21-16)10(7-12(22)19-14)9-6-8(17)3-4-11(9)18/h1,3-4,6,10H,5,7H2,(H2,19,20,21,22,23)/t10-/m1/s1. The van der Waals surface area contributed by atoms with Gasteiger partial charge in [-0.25, -0.2) is 13.8 Å². The zero-order chi connectivity index (χ0) is 17.3. The van der Waals surface area contributed by atoms with E-state index in [1.165, 1.54) is 0 Å². The second-order valence-electron chi connectivity index (χ2n) is 5.10. The molecule has 122 valence electrons. The molecule has 0 fully saturated rings. The Labute approximate surface area is 139 Å². The molecule has 0 saturated heterocycles. The lowest BCUT2D eigenvalue weighted by molar-refractivity contribution is -0.116. The van der Waals surface area contributed by atoms with E-state index >= 15 is 0 Å². The van der Waals surface area contributed by atoms with E-state index in [1.807, 2.05) is 0 Å². The molecule has 24 heavy (non-hydrogen) atoms. The van der Waals surface area contributed by atoms with E-state index in [0.717, 1.165) is 30.0 Å². The summed E-state index contributed by atoms with van der Waals surface area (Å²) in [6.45, 7) is 0. The summed E-state index contributed by atoms with van der Waals surface area (Å²) in [5.74, 6) is 0.0543. The quantitative estimate of drug-likeness (QED) is 0.507. The van der Waals surface area contributed by atoms with E-state index in [0.29, 0.717) is 0 Å².